The average Bonchev–Trinajstić information content (AvgIpc) is 3.88. The molecule has 1 spiro atoms. The van der Waals surface area contributed by atoms with Gasteiger partial charge in [0.15, 0.2) is 0 Å². The van der Waals surface area contributed by atoms with Crippen LogP contribution in [0.2, 0.25) is 0 Å². The Kier molecular flexibility index (Phi) is 8.13. The second kappa shape index (κ2) is 14.3. The van der Waals surface area contributed by atoms with Gasteiger partial charge < -0.3 is 14.2 Å². The Morgan fingerprint density at radius 3 is 1.64 bits per heavy atom. The van der Waals surface area contributed by atoms with E-state index in [1.54, 1.807) is 0 Å². The first kappa shape index (κ1) is 36.3. The molecule has 0 bridgehead atoms. The van der Waals surface area contributed by atoms with Gasteiger partial charge in [0.1, 0.15) is 11.2 Å². The molecule has 300 valence electrons. The fraction of sp³-hybridized carbons (Fsp3) is 0.0164. The molecule has 1 aromatic heterocycles. The molecule has 64 heavy (non-hydrogen) atoms. The van der Waals surface area contributed by atoms with Crippen molar-refractivity contribution in [1.29, 1.82) is 0 Å². The third-order valence-electron chi connectivity index (χ3n) is 13.5. The van der Waals surface area contributed by atoms with E-state index in [-0.39, 0.29) is 0 Å². The summed E-state index contributed by atoms with van der Waals surface area (Å²) in [7, 11) is 0. The summed E-state index contributed by atoms with van der Waals surface area (Å²) in [4.78, 5) is 4.89. The number of para-hydroxylation sites is 5. The van der Waals surface area contributed by atoms with Crippen molar-refractivity contribution in [3.05, 3.63) is 265 Å². The molecule has 0 N–H and O–H groups in total. The summed E-state index contributed by atoms with van der Waals surface area (Å²) in [6, 6.07) is 88.4. The summed E-state index contributed by atoms with van der Waals surface area (Å²) in [5.41, 5.74) is 20.2. The number of hydrogen-bond donors (Lipinski definition) is 0. The minimum atomic E-state index is -0.594. The Morgan fingerprint density at radius 1 is 0.344 bits per heavy atom. The van der Waals surface area contributed by atoms with E-state index < -0.39 is 5.41 Å². The third kappa shape index (κ3) is 5.34. The Balaban J connectivity index is 1.07. The Hall–Kier alpha value is -8.40. The maximum atomic E-state index is 6.40. The van der Waals surface area contributed by atoms with Crippen LogP contribution in [0.25, 0.3) is 55.3 Å². The zero-order valence-corrected chi connectivity index (χ0v) is 34.9. The van der Waals surface area contributed by atoms with Crippen molar-refractivity contribution in [1.82, 2.24) is 0 Å². The van der Waals surface area contributed by atoms with Crippen molar-refractivity contribution >= 4 is 56.1 Å². The molecule has 13 rings (SSSR count). The van der Waals surface area contributed by atoms with Crippen LogP contribution in [-0.4, -0.2) is 0 Å². The molecule has 0 fully saturated rings. The van der Waals surface area contributed by atoms with Crippen LogP contribution in [0.5, 0.6) is 0 Å². The van der Waals surface area contributed by atoms with Gasteiger partial charge in [-0.05, 0) is 117 Å². The maximum Gasteiger partial charge on any atom is 0.135 e. The quantitative estimate of drug-likeness (QED) is 0.167. The largest absolute Gasteiger partial charge is 0.456 e. The molecule has 3 nitrogen and oxygen atoms in total. The molecular weight excluding hydrogens is 777 g/mol. The van der Waals surface area contributed by atoms with Crippen LogP contribution in [0.15, 0.2) is 247 Å². The molecule has 11 aromatic rings. The minimum absolute atomic E-state index is 0.594. The van der Waals surface area contributed by atoms with Gasteiger partial charge in [-0.2, -0.15) is 0 Å². The molecule has 10 aromatic carbocycles. The van der Waals surface area contributed by atoms with Gasteiger partial charge in [-0.3, -0.25) is 0 Å². The highest BCUT2D eigenvalue weighted by Crippen LogP contribution is 2.64. The highest BCUT2D eigenvalue weighted by atomic mass is 16.3. The maximum absolute atomic E-state index is 6.40. The number of benzene rings is 10. The summed E-state index contributed by atoms with van der Waals surface area (Å²) in [6.45, 7) is 0. The van der Waals surface area contributed by atoms with E-state index in [9.17, 15) is 0 Å². The number of hydrogen-bond acceptors (Lipinski definition) is 3. The Bertz CT molecular complexity index is 3520. The number of fused-ring (bicyclic) bond motifs is 12. The fourth-order valence-corrected chi connectivity index (χ4v) is 10.8. The molecule has 2 heterocycles. The van der Waals surface area contributed by atoms with Crippen molar-refractivity contribution in [2.24, 2.45) is 0 Å². The van der Waals surface area contributed by atoms with Crippen LogP contribution in [-0.2, 0) is 5.41 Å². The van der Waals surface area contributed by atoms with Crippen molar-refractivity contribution in [3.8, 4) is 33.4 Å². The van der Waals surface area contributed by atoms with E-state index in [4.69, 9.17) is 4.42 Å². The van der Waals surface area contributed by atoms with Crippen molar-refractivity contribution in [2.45, 2.75) is 5.41 Å². The lowest BCUT2D eigenvalue weighted by Gasteiger charge is -2.45. The predicted octanol–water partition coefficient (Wildman–Crippen LogP) is 16.5. The van der Waals surface area contributed by atoms with Crippen molar-refractivity contribution in [3.63, 3.8) is 0 Å². The van der Waals surface area contributed by atoms with E-state index in [0.29, 0.717) is 0 Å². The SMILES string of the molecule is c1ccc(-c2ccc(-c3ccccc3N(c3ccc4c(c3)C3(c5ccccc5-4)c4ccccc4N(c4ccccc4)c4ccccc43)c3ccc4oc5ccccc5c4c3)cc2)cc1. The van der Waals surface area contributed by atoms with Crippen LogP contribution in [0.3, 0.4) is 0 Å². The van der Waals surface area contributed by atoms with E-state index in [1.165, 1.54) is 55.9 Å². The summed E-state index contributed by atoms with van der Waals surface area (Å²) in [5, 5.41) is 2.19. The molecular formula is C61H40N2O. The number of rotatable bonds is 6. The Labute approximate surface area is 372 Å². The first-order valence-corrected chi connectivity index (χ1v) is 22.0. The van der Waals surface area contributed by atoms with Crippen LogP contribution in [0.4, 0.5) is 34.1 Å². The monoisotopic (exact) mass is 816 g/mol. The molecule has 2 aliphatic rings. The van der Waals surface area contributed by atoms with E-state index in [2.05, 4.69) is 246 Å². The van der Waals surface area contributed by atoms with E-state index >= 15 is 0 Å². The molecule has 3 heteroatoms. The molecule has 0 saturated heterocycles. The lowest BCUT2D eigenvalue weighted by molar-refractivity contribution is 0.669. The van der Waals surface area contributed by atoms with Crippen LogP contribution in [0, 0.1) is 0 Å². The van der Waals surface area contributed by atoms with Gasteiger partial charge in [0.2, 0.25) is 0 Å². The van der Waals surface area contributed by atoms with Crippen LogP contribution in [0.1, 0.15) is 22.3 Å². The minimum Gasteiger partial charge on any atom is -0.456 e. The van der Waals surface area contributed by atoms with Gasteiger partial charge in [0.05, 0.1) is 22.5 Å². The van der Waals surface area contributed by atoms with Gasteiger partial charge in [-0.25, -0.2) is 0 Å². The number of nitrogens with zero attached hydrogens (tertiary/aromatic N) is 2. The highest BCUT2D eigenvalue weighted by Gasteiger charge is 2.51. The predicted molar refractivity (Wildman–Crippen MR) is 265 cm³/mol. The average molecular weight is 817 g/mol. The summed E-state index contributed by atoms with van der Waals surface area (Å²) in [5.74, 6) is 0. The smallest absolute Gasteiger partial charge is 0.135 e. The standard InChI is InChI=1S/C61H40N2O/c1-3-17-41(18-4-1)42-31-33-43(34-32-42)47-21-8-13-27-56(47)62(45-36-38-60-51(39-45)50-23-9-16-30-59(50)64-60)46-35-37-49-48-22-7-10-24-52(48)61(55(49)40-46)53-25-11-14-28-57(53)63(44-19-5-2-6-20-44)58-29-15-12-26-54(58)61/h1-40H. The molecule has 0 atom stereocenters. The van der Waals surface area contributed by atoms with Gasteiger partial charge >= 0.3 is 0 Å². The van der Waals surface area contributed by atoms with E-state index in [0.717, 1.165) is 55.8 Å². The topological polar surface area (TPSA) is 19.6 Å². The third-order valence-corrected chi connectivity index (χ3v) is 13.5. The summed E-state index contributed by atoms with van der Waals surface area (Å²) >= 11 is 0. The highest BCUT2D eigenvalue weighted by molar-refractivity contribution is 6.07. The van der Waals surface area contributed by atoms with Crippen molar-refractivity contribution < 1.29 is 4.42 Å². The van der Waals surface area contributed by atoms with Gasteiger partial charge in [0.25, 0.3) is 0 Å². The fourth-order valence-electron chi connectivity index (χ4n) is 10.8. The molecule has 0 saturated carbocycles. The zero-order valence-electron chi connectivity index (χ0n) is 34.9. The number of furan rings is 1. The summed E-state index contributed by atoms with van der Waals surface area (Å²) < 4.78 is 6.40. The first-order chi connectivity index (χ1) is 31.8. The zero-order chi connectivity index (χ0) is 42.2. The molecule has 1 aliphatic carbocycles. The Morgan fingerprint density at radius 2 is 0.875 bits per heavy atom. The lowest BCUT2D eigenvalue weighted by atomic mass is 9.64. The number of anilines is 6. The van der Waals surface area contributed by atoms with Gasteiger partial charge in [-0.15, -0.1) is 0 Å². The summed E-state index contributed by atoms with van der Waals surface area (Å²) in [6.07, 6.45) is 0. The van der Waals surface area contributed by atoms with Crippen LogP contribution >= 0.6 is 0 Å². The molecule has 0 radical (unpaired) electrons. The molecule has 0 unspecified atom stereocenters. The molecule has 0 amide bonds. The second-order valence-corrected chi connectivity index (χ2v) is 16.8. The lowest BCUT2D eigenvalue weighted by Crippen LogP contribution is -2.36. The normalized spacial score (nSPS) is 13.1. The van der Waals surface area contributed by atoms with Gasteiger partial charge in [0, 0.05) is 33.4 Å². The van der Waals surface area contributed by atoms with Crippen molar-refractivity contribution in [2.75, 3.05) is 9.80 Å². The van der Waals surface area contributed by atoms with E-state index in [1.807, 2.05) is 6.07 Å². The first-order valence-electron chi connectivity index (χ1n) is 22.0. The molecule has 1 aliphatic heterocycles. The second-order valence-electron chi connectivity index (χ2n) is 16.8. The van der Waals surface area contributed by atoms with Crippen LogP contribution < -0.4 is 9.80 Å². The van der Waals surface area contributed by atoms with Gasteiger partial charge in [-0.1, -0.05) is 176 Å².